The Bertz CT molecular complexity index is 1020. The van der Waals surface area contributed by atoms with Gasteiger partial charge < -0.3 is 24.4 Å². The van der Waals surface area contributed by atoms with E-state index < -0.39 is 18.3 Å². The maximum absolute atomic E-state index is 6.24. The minimum atomic E-state index is -0.522. The first kappa shape index (κ1) is 18.8. The average Bonchev–Trinajstić information content (AvgIpc) is 3.15. The summed E-state index contributed by atoms with van der Waals surface area (Å²) in [5.41, 5.74) is 2.45. The molecule has 1 saturated heterocycles. The summed E-state index contributed by atoms with van der Waals surface area (Å²) in [6.45, 7) is 10.1. The normalized spacial score (nSPS) is 17.9. The van der Waals surface area contributed by atoms with Crippen LogP contribution in [-0.4, -0.2) is 35.3 Å². The Morgan fingerprint density at radius 1 is 1.00 bits per heavy atom. The molecule has 1 aliphatic heterocycles. The van der Waals surface area contributed by atoms with E-state index in [1.807, 2.05) is 65.9 Å². The standard InChI is InChI=1S/C20H25BN4O3/c1-12-9-16(22-6)25-18(23-12)24-14-10-13-7-8-26-17(13)15(11-14)21-27-19(2,3)20(4,5)28-21/h7-11H,1-6H3,(H2,22,23,24,25). The third kappa shape index (κ3) is 3.23. The summed E-state index contributed by atoms with van der Waals surface area (Å²) in [6, 6.07) is 7.78. The highest BCUT2D eigenvalue weighted by atomic mass is 16.7. The highest BCUT2D eigenvalue weighted by molar-refractivity contribution is 6.65. The second kappa shape index (κ2) is 6.50. The fourth-order valence-electron chi connectivity index (χ4n) is 3.21. The Balaban J connectivity index is 1.73. The lowest BCUT2D eigenvalue weighted by Gasteiger charge is -2.32. The van der Waals surface area contributed by atoms with Crippen LogP contribution in [0.4, 0.5) is 17.5 Å². The molecule has 1 aromatic carbocycles. The molecule has 0 spiro atoms. The quantitative estimate of drug-likeness (QED) is 0.669. The van der Waals surface area contributed by atoms with Gasteiger partial charge in [-0.2, -0.15) is 4.98 Å². The Hall–Kier alpha value is -2.58. The molecule has 0 bridgehead atoms. The summed E-state index contributed by atoms with van der Waals surface area (Å²) in [5, 5.41) is 7.29. The van der Waals surface area contributed by atoms with Crippen LogP contribution in [0.2, 0.25) is 0 Å². The van der Waals surface area contributed by atoms with Crippen molar-refractivity contribution in [3.05, 3.63) is 36.2 Å². The first-order chi connectivity index (χ1) is 13.2. The van der Waals surface area contributed by atoms with E-state index in [1.165, 1.54) is 0 Å². The molecular formula is C20H25BN4O3. The number of hydrogen-bond acceptors (Lipinski definition) is 7. The largest absolute Gasteiger partial charge is 0.498 e. The van der Waals surface area contributed by atoms with Gasteiger partial charge in [-0.05, 0) is 52.8 Å². The second-order valence-corrected chi connectivity index (χ2v) is 8.09. The summed E-state index contributed by atoms with van der Waals surface area (Å²) < 4.78 is 18.2. The van der Waals surface area contributed by atoms with Crippen molar-refractivity contribution in [2.45, 2.75) is 45.8 Å². The summed E-state index contributed by atoms with van der Waals surface area (Å²) in [4.78, 5) is 8.94. The van der Waals surface area contributed by atoms with Crippen LogP contribution in [0.25, 0.3) is 11.0 Å². The highest BCUT2D eigenvalue weighted by Gasteiger charge is 2.52. The van der Waals surface area contributed by atoms with Gasteiger partial charge in [-0.15, -0.1) is 0 Å². The molecule has 2 aromatic heterocycles. The third-order valence-corrected chi connectivity index (χ3v) is 5.45. The van der Waals surface area contributed by atoms with Crippen molar-refractivity contribution in [3.8, 4) is 0 Å². The molecule has 0 saturated carbocycles. The third-order valence-electron chi connectivity index (χ3n) is 5.45. The Kier molecular flexibility index (Phi) is 4.35. The molecule has 7 nitrogen and oxygen atoms in total. The van der Waals surface area contributed by atoms with E-state index >= 15 is 0 Å². The molecule has 0 unspecified atom stereocenters. The fraction of sp³-hybridized carbons (Fsp3) is 0.400. The zero-order valence-corrected chi connectivity index (χ0v) is 17.1. The number of nitrogens with one attached hydrogen (secondary N) is 2. The molecule has 3 heterocycles. The molecule has 3 aromatic rings. The topological polar surface area (TPSA) is 81.4 Å². The summed E-state index contributed by atoms with van der Waals surface area (Å²) in [5.74, 6) is 1.28. The number of aromatic nitrogens is 2. The molecule has 0 aliphatic carbocycles. The van der Waals surface area contributed by atoms with Gasteiger partial charge in [0.1, 0.15) is 11.4 Å². The molecule has 1 fully saturated rings. The smallest absolute Gasteiger partial charge is 0.465 e. The summed E-state index contributed by atoms with van der Waals surface area (Å²) in [6.07, 6.45) is 1.67. The Morgan fingerprint density at radius 2 is 1.71 bits per heavy atom. The molecule has 0 amide bonds. The molecule has 4 rings (SSSR count). The number of benzene rings is 1. The van der Waals surface area contributed by atoms with Crippen molar-refractivity contribution in [2.75, 3.05) is 17.7 Å². The van der Waals surface area contributed by atoms with Crippen LogP contribution in [0, 0.1) is 6.92 Å². The number of fused-ring (bicyclic) bond motifs is 1. The van der Waals surface area contributed by atoms with E-state index in [4.69, 9.17) is 13.7 Å². The zero-order chi connectivity index (χ0) is 20.1. The van der Waals surface area contributed by atoms with Gasteiger partial charge in [0.25, 0.3) is 0 Å². The number of anilines is 3. The van der Waals surface area contributed by atoms with Gasteiger partial charge in [0, 0.05) is 35.3 Å². The van der Waals surface area contributed by atoms with Gasteiger partial charge in [0.15, 0.2) is 0 Å². The zero-order valence-electron chi connectivity index (χ0n) is 17.1. The highest BCUT2D eigenvalue weighted by Crippen LogP contribution is 2.37. The van der Waals surface area contributed by atoms with Crippen LogP contribution >= 0.6 is 0 Å². The lowest BCUT2D eigenvalue weighted by atomic mass is 9.78. The minimum Gasteiger partial charge on any atom is -0.465 e. The lowest BCUT2D eigenvalue weighted by Crippen LogP contribution is -2.41. The first-order valence-corrected chi connectivity index (χ1v) is 9.36. The average molecular weight is 380 g/mol. The molecule has 0 atom stereocenters. The van der Waals surface area contributed by atoms with Gasteiger partial charge in [-0.25, -0.2) is 4.98 Å². The monoisotopic (exact) mass is 380 g/mol. The van der Waals surface area contributed by atoms with Gasteiger partial charge in [0.05, 0.1) is 17.5 Å². The van der Waals surface area contributed by atoms with Gasteiger partial charge in [-0.3, -0.25) is 0 Å². The number of nitrogens with zero attached hydrogens (tertiary/aromatic N) is 2. The van der Waals surface area contributed by atoms with Crippen molar-refractivity contribution in [3.63, 3.8) is 0 Å². The first-order valence-electron chi connectivity index (χ1n) is 9.36. The second-order valence-electron chi connectivity index (χ2n) is 8.09. The van der Waals surface area contributed by atoms with Gasteiger partial charge >= 0.3 is 7.12 Å². The molecule has 146 valence electrons. The van der Waals surface area contributed by atoms with Crippen molar-refractivity contribution < 1.29 is 13.7 Å². The minimum absolute atomic E-state index is 0.429. The molecule has 0 radical (unpaired) electrons. The lowest BCUT2D eigenvalue weighted by molar-refractivity contribution is 0.00578. The van der Waals surface area contributed by atoms with Crippen molar-refractivity contribution in [2.24, 2.45) is 0 Å². The van der Waals surface area contributed by atoms with Crippen LogP contribution in [-0.2, 0) is 9.31 Å². The van der Waals surface area contributed by atoms with Crippen molar-refractivity contribution in [1.82, 2.24) is 9.97 Å². The van der Waals surface area contributed by atoms with Crippen molar-refractivity contribution in [1.29, 1.82) is 0 Å². The molecule has 1 aliphatic rings. The molecule has 28 heavy (non-hydrogen) atoms. The van der Waals surface area contributed by atoms with E-state index in [9.17, 15) is 0 Å². The molecule has 8 heteroatoms. The number of furan rings is 1. The van der Waals surface area contributed by atoms with Crippen LogP contribution in [0.3, 0.4) is 0 Å². The van der Waals surface area contributed by atoms with Gasteiger partial charge in [-0.1, -0.05) is 0 Å². The summed E-state index contributed by atoms with van der Waals surface area (Å²) in [7, 11) is 1.31. The summed E-state index contributed by atoms with van der Waals surface area (Å²) >= 11 is 0. The fourth-order valence-corrected chi connectivity index (χ4v) is 3.21. The number of aryl methyl sites for hydroxylation is 1. The van der Waals surface area contributed by atoms with E-state index in [0.717, 1.165) is 33.6 Å². The van der Waals surface area contributed by atoms with Crippen LogP contribution in [0.1, 0.15) is 33.4 Å². The van der Waals surface area contributed by atoms with Crippen LogP contribution in [0.5, 0.6) is 0 Å². The van der Waals surface area contributed by atoms with E-state index in [1.54, 1.807) is 6.26 Å². The SMILES string of the molecule is CNc1cc(C)nc(Nc2cc(B3OC(C)(C)C(C)(C)O3)c3occc3c2)n1. The number of rotatable bonds is 4. The van der Waals surface area contributed by atoms with Crippen molar-refractivity contribution >= 4 is 41.0 Å². The Morgan fingerprint density at radius 3 is 2.39 bits per heavy atom. The predicted octanol–water partition coefficient (Wildman–Crippen LogP) is 3.62. The Labute approximate surface area is 165 Å². The van der Waals surface area contributed by atoms with E-state index in [-0.39, 0.29) is 0 Å². The van der Waals surface area contributed by atoms with Gasteiger partial charge in [0.2, 0.25) is 5.95 Å². The van der Waals surface area contributed by atoms with E-state index in [2.05, 4.69) is 20.6 Å². The van der Waals surface area contributed by atoms with Crippen LogP contribution in [0.15, 0.2) is 34.9 Å². The molecular weight excluding hydrogens is 355 g/mol. The number of hydrogen-bond donors (Lipinski definition) is 2. The molecule has 2 N–H and O–H groups in total. The van der Waals surface area contributed by atoms with E-state index in [0.29, 0.717) is 5.95 Å². The van der Waals surface area contributed by atoms with Crippen LogP contribution < -0.4 is 16.1 Å². The predicted molar refractivity (Wildman–Crippen MR) is 112 cm³/mol. The maximum atomic E-state index is 6.24. The maximum Gasteiger partial charge on any atom is 0.498 e.